The van der Waals surface area contributed by atoms with Gasteiger partial charge in [-0.3, -0.25) is 9.59 Å². The second-order valence-corrected chi connectivity index (χ2v) is 2.99. The third-order valence-corrected chi connectivity index (χ3v) is 1.45. The number of ether oxygens (including phenoxy) is 2. The Bertz CT molecular complexity index is 192. The molecule has 1 atom stereocenters. The van der Waals surface area contributed by atoms with E-state index in [1.54, 1.807) is 13.8 Å². The van der Waals surface area contributed by atoms with Gasteiger partial charge in [-0.2, -0.15) is 0 Å². The molecule has 0 saturated carbocycles. The highest BCUT2D eigenvalue weighted by Gasteiger charge is 2.18. The molecule has 0 saturated heterocycles. The molecule has 0 fully saturated rings. The molecule has 0 aromatic rings. The van der Waals surface area contributed by atoms with Gasteiger partial charge in [-0.15, -0.1) is 0 Å². The molecule has 5 heteroatoms. The Balaban J connectivity index is 0. The van der Waals surface area contributed by atoms with Gasteiger partial charge in [0.05, 0.1) is 0 Å². The van der Waals surface area contributed by atoms with E-state index in [2.05, 4.69) is 9.47 Å². The first-order chi connectivity index (χ1) is 6.95. The molecule has 0 amide bonds. The van der Waals surface area contributed by atoms with E-state index >= 15 is 0 Å². The van der Waals surface area contributed by atoms with E-state index < -0.39 is 18.0 Å². The van der Waals surface area contributed by atoms with Crippen molar-refractivity contribution >= 4 is 11.9 Å². The van der Waals surface area contributed by atoms with Crippen LogP contribution in [0.1, 0.15) is 34.6 Å². The highest BCUT2D eigenvalue weighted by atomic mass is 16.7. The largest absolute Gasteiger partial charge is 0.428 e. The predicted molar refractivity (Wildman–Crippen MR) is 56.9 cm³/mol. The summed E-state index contributed by atoms with van der Waals surface area (Å²) in [5, 5.41) is 0. The zero-order chi connectivity index (χ0) is 12.4. The van der Waals surface area contributed by atoms with Crippen molar-refractivity contribution in [1.82, 2.24) is 0 Å². The molecule has 0 heterocycles. The first-order valence-electron chi connectivity index (χ1n) is 5.00. The van der Waals surface area contributed by atoms with Crippen LogP contribution in [-0.2, 0) is 19.1 Å². The second kappa shape index (κ2) is 9.45. The first kappa shape index (κ1) is 16.3. The van der Waals surface area contributed by atoms with E-state index in [4.69, 9.17) is 5.73 Å². The second-order valence-electron chi connectivity index (χ2n) is 2.99. The lowest BCUT2D eigenvalue weighted by Gasteiger charge is -2.13. The maximum Gasteiger partial charge on any atom is 0.326 e. The van der Waals surface area contributed by atoms with Crippen molar-refractivity contribution in [3.63, 3.8) is 0 Å². The lowest BCUT2D eigenvalue weighted by molar-refractivity contribution is -0.167. The predicted octanol–water partition coefficient (Wildman–Crippen LogP) is 1.06. The van der Waals surface area contributed by atoms with Crippen molar-refractivity contribution < 1.29 is 19.1 Å². The molecule has 0 aromatic heterocycles. The number of carbonyl (C=O) groups is 2. The molecule has 0 aliphatic carbocycles. The van der Waals surface area contributed by atoms with E-state index in [-0.39, 0.29) is 12.7 Å². The molecule has 0 bridgehead atoms. The number of esters is 2. The summed E-state index contributed by atoms with van der Waals surface area (Å²) in [6.07, 6.45) is 0. The van der Waals surface area contributed by atoms with Crippen LogP contribution in [-0.4, -0.2) is 24.8 Å². The fraction of sp³-hybridized carbons (Fsp3) is 0.800. The zero-order valence-corrected chi connectivity index (χ0v) is 10.1. The Kier molecular flexibility index (Phi) is 10.3. The van der Waals surface area contributed by atoms with Crippen LogP contribution in [0, 0.1) is 5.92 Å². The van der Waals surface area contributed by atoms with Crippen molar-refractivity contribution in [3.05, 3.63) is 0 Å². The van der Waals surface area contributed by atoms with Crippen LogP contribution in [0.15, 0.2) is 0 Å². The molecule has 1 unspecified atom stereocenters. The van der Waals surface area contributed by atoms with Gasteiger partial charge in [-0.25, -0.2) is 0 Å². The summed E-state index contributed by atoms with van der Waals surface area (Å²) in [7, 11) is 0. The Morgan fingerprint density at radius 2 is 1.67 bits per heavy atom. The van der Waals surface area contributed by atoms with Gasteiger partial charge in [0.2, 0.25) is 6.79 Å². The average molecular weight is 219 g/mol. The van der Waals surface area contributed by atoms with E-state index in [0.717, 1.165) is 0 Å². The molecule has 0 radical (unpaired) electrons. The molecule has 5 nitrogen and oxygen atoms in total. The monoisotopic (exact) mass is 219 g/mol. The maximum atomic E-state index is 11.0. The van der Waals surface area contributed by atoms with E-state index in [0.29, 0.717) is 0 Å². The minimum Gasteiger partial charge on any atom is -0.428 e. The number of hydrogen-bond donors (Lipinski definition) is 1. The Labute approximate surface area is 90.9 Å². The van der Waals surface area contributed by atoms with Crippen LogP contribution in [0.3, 0.4) is 0 Å². The van der Waals surface area contributed by atoms with E-state index in [1.807, 2.05) is 13.8 Å². The number of hydrogen-bond acceptors (Lipinski definition) is 5. The van der Waals surface area contributed by atoms with Crippen LogP contribution in [0.4, 0.5) is 0 Å². The smallest absolute Gasteiger partial charge is 0.326 e. The van der Waals surface area contributed by atoms with Crippen LogP contribution in [0.25, 0.3) is 0 Å². The normalized spacial score (nSPS) is 11.1. The molecule has 0 rings (SSSR count). The van der Waals surface area contributed by atoms with Gasteiger partial charge in [0, 0.05) is 6.92 Å². The molecular formula is C10H21NO4. The van der Waals surface area contributed by atoms with Gasteiger partial charge >= 0.3 is 11.9 Å². The summed E-state index contributed by atoms with van der Waals surface area (Å²) in [4.78, 5) is 21.3. The van der Waals surface area contributed by atoms with Gasteiger partial charge in [0.25, 0.3) is 0 Å². The van der Waals surface area contributed by atoms with Gasteiger partial charge in [-0.1, -0.05) is 27.7 Å². The van der Waals surface area contributed by atoms with E-state index in [1.165, 1.54) is 6.92 Å². The lowest BCUT2D eigenvalue weighted by atomic mass is 10.1. The molecule has 2 N–H and O–H groups in total. The Morgan fingerprint density at radius 3 is 2.00 bits per heavy atom. The first-order valence-corrected chi connectivity index (χ1v) is 5.00. The maximum absolute atomic E-state index is 11.0. The topological polar surface area (TPSA) is 78.6 Å². The minimum absolute atomic E-state index is 0.00447. The summed E-state index contributed by atoms with van der Waals surface area (Å²) in [5.74, 6) is -1.05. The molecule has 15 heavy (non-hydrogen) atoms. The summed E-state index contributed by atoms with van der Waals surface area (Å²) >= 11 is 0. The summed E-state index contributed by atoms with van der Waals surface area (Å²) in [6.45, 7) is 8.47. The highest BCUT2D eigenvalue weighted by Crippen LogP contribution is 2.00. The quantitative estimate of drug-likeness (QED) is 0.565. The number of rotatable bonds is 4. The molecule has 0 aliphatic rings. The average Bonchev–Trinajstić information content (AvgIpc) is 2.18. The zero-order valence-electron chi connectivity index (χ0n) is 10.1. The van der Waals surface area contributed by atoms with Crippen molar-refractivity contribution in [2.24, 2.45) is 11.7 Å². The SMILES string of the molecule is CC.CC(=O)OCOC(=O)C(N)C(C)C. The molecule has 0 aliphatic heterocycles. The standard InChI is InChI=1S/C8H15NO4.C2H6/c1-5(2)7(9)8(11)13-4-12-6(3)10;1-2/h5,7H,4,9H2,1-3H3;1-2H3. The van der Waals surface area contributed by atoms with Crippen molar-refractivity contribution in [3.8, 4) is 0 Å². The highest BCUT2D eigenvalue weighted by molar-refractivity contribution is 5.75. The summed E-state index contributed by atoms with van der Waals surface area (Å²) < 4.78 is 8.97. The molecule has 0 spiro atoms. The van der Waals surface area contributed by atoms with Crippen LogP contribution in [0.2, 0.25) is 0 Å². The Hall–Kier alpha value is -1.10. The van der Waals surface area contributed by atoms with Crippen LogP contribution >= 0.6 is 0 Å². The van der Waals surface area contributed by atoms with Crippen LogP contribution < -0.4 is 5.73 Å². The third-order valence-electron chi connectivity index (χ3n) is 1.45. The van der Waals surface area contributed by atoms with Gasteiger partial charge in [0.15, 0.2) is 0 Å². The third kappa shape index (κ3) is 9.21. The van der Waals surface area contributed by atoms with Crippen LogP contribution in [0.5, 0.6) is 0 Å². The molecule has 0 aromatic carbocycles. The Morgan fingerprint density at radius 1 is 1.20 bits per heavy atom. The summed E-state index contributed by atoms with van der Waals surface area (Å²) in [5.41, 5.74) is 5.46. The fourth-order valence-electron chi connectivity index (χ4n) is 0.539. The number of carbonyl (C=O) groups excluding carboxylic acids is 2. The van der Waals surface area contributed by atoms with E-state index in [9.17, 15) is 9.59 Å². The van der Waals surface area contributed by atoms with Crippen molar-refractivity contribution in [2.45, 2.75) is 40.7 Å². The molecular weight excluding hydrogens is 198 g/mol. The fourth-order valence-corrected chi connectivity index (χ4v) is 0.539. The van der Waals surface area contributed by atoms with Crippen molar-refractivity contribution in [2.75, 3.05) is 6.79 Å². The molecule has 90 valence electrons. The van der Waals surface area contributed by atoms with Gasteiger partial charge in [0.1, 0.15) is 6.04 Å². The van der Waals surface area contributed by atoms with Gasteiger partial charge < -0.3 is 15.2 Å². The number of nitrogens with two attached hydrogens (primary N) is 1. The van der Waals surface area contributed by atoms with Gasteiger partial charge in [-0.05, 0) is 5.92 Å². The minimum atomic E-state index is -0.671. The lowest BCUT2D eigenvalue weighted by Crippen LogP contribution is -2.37. The van der Waals surface area contributed by atoms with Crippen molar-refractivity contribution in [1.29, 1.82) is 0 Å². The summed E-state index contributed by atoms with van der Waals surface area (Å²) in [6, 6.07) is -0.671.